The van der Waals surface area contributed by atoms with E-state index in [4.69, 9.17) is 0 Å². The van der Waals surface area contributed by atoms with E-state index in [9.17, 15) is 13.2 Å². The number of hydrogen-bond acceptors (Lipinski definition) is 4. The van der Waals surface area contributed by atoms with Crippen LogP contribution in [-0.2, 0) is 16.6 Å². The molecule has 0 spiro atoms. The van der Waals surface area contributed by atoms with Gasteiger partial charge in [-0.15, -0.1) is 11.3 Å². The van der Waals surface area contributed by atoms with Crippen molar-refractivity contribution in [1.82, 2.24) is 9.21 Å². The zero-order valence-corrected chi connectivity index (χ0v) is 15.1. The number of benzene rings is 1. The molecule has 1 aliphatic heterocycles. The van der Waals surface area contributed by atoms with Gasteiger partial charge in [0.15, 0.2) is 0 Å². The molecule has 0 saturated carbocycles. The molecule has 1 aliphatic rings. The van der Waals surface area contributed by atoms with Gasteiger partial charge in [0.1, 0.15) is 0 Å². The van der Waals surface area contributed by atoms with Crippen molar-refractivity contribution >= 4 is 27.3 Å². The molecule has 3 rings (SSSR count). The maximum Gasteiger partial charge on any atom is 0.253 e. The van der Waals surface area contributed by atoms with Crippen LogP contribution in [0.25, 0.3) is 0 Å². The van der Waals surface area contributed by atoms with E-state index in [1.54, 1.807) is 35.4 Å². The molecular weight excluding hydrogens is 344 g/mol. The van der Waals surface area contributed by atoms with E-state index >= 15 is 0 Å². The van der Waals surface area contributed by atoms with Gasteiger partial charge in [-0.2, -0.15) is 4.31 Å². The molecule has 0 unspecified atom stereocenters. The van der Waals surface area contributed by atoms with Crippen molar-refractivity contribution in [2.75, 3.05) is 20.1 Å². The molecule has 1 aromatic carbocycles. The van der Waals surface area contributed by atoms with Gasteiger partial charge in [0.05, 0.1) is 11.4 Å². The first-order chi connectivity index (χ1) is 11.5. The Labute approximate surface area is 146 Å². The van der Waals surface area contributed by atoms with Gasteiger partial charge in [0.25, 0.3) is 5.91 Å². The highest BCUT2D eigenvalue weighted by Gasteiger charge is 2.27. The molecule has 2 aromatic rings. The van der Waals surface area contributed by atoms with E-state index < -0.39 is 10.0 Å². The average molecular weight is 364 g/mol. The lowest BCUT2D eigenvalue weighted by Gasteiger charge is -2.18. The van der Waals surface area contributed by atoms with Crippen LogP contribution in [0, 0.1) is 0 Å². The summed E-state index contributed by atoms with van der Waals surface area (Å²) < 4.78 is 26.5. The molecule has 0 bridgehead atoms. The minimum atomic E-state index is -3.43. The molecule has 0 atom stereocenters. The first-order valence-corrected chi connectivity index (χ1v) is 10.2. The van der Waals surface area contributed by atoms with Gasteiger partial charge in [-0.3, -0.25) is 4.79 Å². The predicted octanol–water partition coefficient (Wildman–Crippen LogP) is 2.80. The van der Waals surface area contributed by atoms with E-state index in [1.807, 2.05) is 17.5 Å². The Morgan fingerprint density at radius 2 is 1.83 bits per heavy atom. The molecule has 1 saturated heterocycles. The fourth-order valence-electron chi connectivity index (χ4n) is 2.78. The summed E-state index contributed by atoms with van der Waals surface area (Å²) in [5.74, 6) is -0.117. The van der Waals surface area contributed by atoms with Crippen LogP contribution >= 0.6 is 11.3 Å². The second-order valence-corrected chi connectivity index (χ2v) is 8.85. The number of amides is 1. The van der Waals surface area contributed by atoms with Crippen molar-refractivity contribution in [3.8, 4) is 0 Å². The molecule has 1 fully saturated rings. The van der Waals surface area contributed by atoms with Crippen LogP contribution in [0.3, 0.4) is 0 Å². The molecule has 7 heteroatoms. The summed E-state index contributed by atoms with van der Waals surface area (Å²) in [6.45, 7) is 1.70. The highest BCUT2D eigenvalue weighted by atomic mass is 32.2. The van der Waals surface area contributed by atoms with Crippen molar-refractivity contribution in [3.05, 3.63) is 52.2 Å². The van der Waals surface area contributed by atoms with Crippen LogP contribution in [0.2, 0.25) is 0 Å². The molecule has 128 valence electrons. The zero-order chi connectivity index (χ0) is 17.2. The Bertz CT molecular complexity index is 793. The van der Waals surface area contributed by atoms with Gasteiger partial charge in [-0.05, 0) is 48.6 Å². The second kappa shape index (κ2) is 7.04. The van der Waals surface area contributed by atoms with Crippen LogP contribution in [0.1, 0.15) is 28.1 Å². The number of rotatable bonds is 5. The molecule has 0 aliphatic carbocycles. The predicted molar refractivity (Wildman–Crippen MR) is 94.6 cm³/mol. The number of thiophene rings is 1. The Balaban J connectivity index is 1.73. The van der Waals surface area contributed by atoms with Crippen molar-refractivity contribution in [2.45, 2.75) is 24.3 Å². The van der Waals surface area contributed by atoms with E-state index in [1.165, 1.54) is 16.4 Å². The van der Waals surface area contributed by atoms with Crippen LogP contribution in [0.4, 0.5) is 0 Å². The van der Waals surface area contributed by atoms with E-state index in [-0.39, 0.29) is 10.8 Å². The molecule has 1 aromatic heterocycles. The van der Waals surface area contributed by atoms with Crippen LogP contribution in [0.5, 0.6) is 0 Å². The van der Waals surface area contributed by atoms with Crippen molar-refractivity contribution < 1.29 is 13.2 Å². The quantitative estimate of drug-likeness (QED) is 0.820. The zero-order valence-electron chi connectivity index (χ0n) is 13.5. The van der Waals surface area contributed by atoms with Crippen LogP contribution in [0.15, 0.2) is 46.7 Å². The lowest BCUT2D eigenvalue weighted by Crippen LogP contribution is -2.28. The lowest BCUT2D eigenvalue weighted by atomic mass is 10.2. The van der Waals surface area contributed by atoms with Crippen molar-refractivity contribution in [1.29, 1.82) is 0 Å². The number of carbonyl (C=O) groups is 1. The Kier molecular flexibility index (Phi) is 5.03. The third-order valence-corrected chi connectivity index (χ3v) is 6.90. The lowest BCUT2D eigenvalue weighted by molar-refractivity contribution is 0.0786. The minimum absolute atomic E-state index is 0.117. The summed E-state index contributed by atoms with van der Waals surface area (Å²) in [7, 11) is -1.69. The highest BCUT2D eigenvalue weighted by Crippen LogP contribution is 2.21. The largest absolute Gasteiger partial charge is 0.337 e. The van der Waals surface area contributed by atoms with Gasteiger partial charge in [0.2, 0.25) is 10.0 Å². The van der Waals surface area contributed by atoms with E-state index in [0.29, 0.717) is 25.2 Å². The minimum Gasteiger partial charge on any atom is -0.337 e. The number of carbonyl (C=O) groups excluding carboxylic acids is 1. The first kappa shape index (κ1) is 17.1. The number of nitrogens with zero attached hydrogens (tertiary/aromatic N) is 2. The maximum absolute atomic E-state index is 12.5. The molecule has 0 N–H and O–H groups in total. The molecule has 1 amide bonds. The van der Waals surface area contributed by atoms with Crippen molar-refractivity contribution in [2.24, 2.45) is 0 Å². The SMILES string of the molecule is CN(Cc1cccs1)C(=O)c1ccc(S(=O)(=O)N2CCCC2)cc1. The third kappa shape index (κ3) is 3.53. The first-order valence-electron chi connectivity index (χ1n) is 7.86. The topological polar surface area (TPSA) is 57.7 Å². The Morgan fingerprint density at radius 3 is 2.42 bits per heavy atom. The van der Waals surface area contributed by atoms with Crippen molar-refractivity contribution in [3.63, 3.8) is 0 Å². The van der Waals surface area contributed by atoms with Gasteiger partial charge < -0.3 is 4.90 Å². The van der Waals surface area contributed by atoms with Gasteiger partial charge >= 0.3 is 0 Å². The summed E-state index contributed by atoms with van der Waals surface area (Å²) in [6.07, 6.45) is 1.81. The molecule has 2 heterocycles. The summed E-state index contributed by atoms with van der Waals surface area (Å²) >= 11 is 1.61. The average Bonchev–Trinajstić information content (AvgIpc) is 3.28. The molecule has 24 heavy (non-hydrogen) atoms. The summed E-state index contributed by atoms with van der Waals surface area (Å²) in [4.78, 5) is 15.5. The smallest absolute Gasteiger partial charge is 0.253 e. The molecule has 0 radical (unpaired) electrons. The van der Waals surface area contributed by atoms with Gasteiger partial charge in [0, 0.05) is 30.6 Å². The standard InChI is InChI=1S/C17H20N2O3S2/c1-18(13-15-5-4-12-23-15)17(20)14-6-8-16(9-7-14)24(21,22)19-10-2-3-11-19/h4-9,12H,2-3,10-11,13H2,1H3. The van der Waals surface area contributed by atoms with E-state index in [2.05, 4.69) is 0 Å². The summed E-state index contributed by atoms with van der Waals surface area (Å²) in [5.41, 5.74) is 0.495. The monoisotopic (exact) mass is 364 g/mol. The summed E-state index contributed by atoms with van der Waals surface area (Å²) in [5, 5.41) is 1.98. The highest BCUT2D eigenvalue weighted by molar-refractivity contribution is 7.89. The normalized spacial score (nSPS) is 15.5. The maximum atomic E-state index is 12.5. The molecular formula is C17H20N2O3S2. The van der Waals surface area contributed by atoms with Crippen LogP contribution in [-0.4, -0.2) is 43.7 Å². The number of hydrogen-bond donors (Lipinski definition) is 0. The fraction of sp³-hybridized carbons (Fsp3) is 0.353. The fourth-order valence-corrected chi connectivity index (χ4v) is 5.05. The Morgan fingerprint density at radius 1 is 1.17 bits per heavy atom. The van der Waals surface area contributed by atoms with E-state index in [0.717, 1.165) is 17.7 Å². The third-order valence-electron chi connectivity index (χ3n) is 4.12. The van der Waals surface area contributed by atoms with Gasteiger partial charge in [-0.25, -0.2) is 8.42 Å². The second-order valence-electron chi connectivity index (χ2n) is 5.88. The Hall–Kier alpha value is -1.70. The number of sulfonamides is 1. The molecule has 5 nitrogen and oxygen atoms in total. The summed E-state index contributed by atoms with van der Waals surface area (Å²) in [6, 6.07) is 10.2. The van der Waals surface area contributed by atoms with Crippen LogP contribution < -0.4 is 0 Å². The van der Waals surface area contributed by atoms with Gasteiger partial charge in [-0.1, -0.05) is 6.07 Å².